The largest absolute Gasteiger partial charge is 0.328 e. The fourth-order valence-corrected chi connectivity index (χ4v) is 3.07. The van der Waals surface area contributed by atoms with Gasteiger partial charge in [0.2, 0.25) is 0 Å². The molecule has 0 saturated heterocycles. The maximum absolute atomic E-state index is 6.00. The summed E-state index contributed by atoms with van der Waals surface area (Å²) >= 11 is 5.96. The quantitative estimate of drug-likeness (QED) is 0.843. The van der Waals surface area contributed by atoms with Crippen molar-refractivity contribution >= 4 is 11.6 Å². The van der Waals surface area contributed by atoms with Crippen molar-refractivity contribution in [3.05, 3.63) is 29.0 Å². The molecule has 2 N–H and O–H groups in total. The molecule has 0 spiro atoms. The summed E-state index contributed by atoms with van der Waals surface area (Å²) in [6.07, 6.45) is 5.88. The van der Waals surface area contributed by atoms with Crippen LogP contribution in [0, 0.1) is 0 Å². The molecular weight excluding hydrogens is 258 g/mol. The first kappa shape index (κ1) is 14.8. The van der Waals surface area contributed by atoms with Crippen molar-refractivity contribution in [2.75, 3.05) is 6.54 Å². The summed E-state index contributed by atoms with van der Waals surface area (Å²) < 4.78 is 0. The van der Waals surface area contributed by atoms with Crippen LogP contribution in [0.1, 0.15) is 44.7 Å². The third-order valence-electron chi connectivity index (χ3n) is 3.91. The first-order valence-corrected chi connectivity index (χ1v) is 7.68. The Balaban J connectivity index is 1.99. The van der Waals surface area contributed by atoms with Crippen molar-refractivity contribution in [3.63, 3.8) is 0 Å². The number of hydrogen-bond donors (Lipinski definition) is 1. The van der Waals surface area contributed by atoms with E-state index in [1.54, 1.807) is 0 Å². The van der Waals surface area contributed by atoms with Crippen molar-refractivity contribution < 1.29 is 0 Å². The minimum absolute atomic E-state index is 0.407. The molecule has 0 aromatic carbocycles. The second-order valence-electron chi connectivity index (χ2n) is 5.49. The summed E-state index contributed by atoms with van der Waals surface area (Å²) in [5, 5.41) is 0.583. The van der Waals surface area contributed by atoms with Crippen molar-refractivity contribution in [3.8, 4) is 0 Å². The Kier molecular flexibility index (Phi) is 5.61. The summed E-state index contributed by atoms with van der Waals surface area (Å²) in [4.78, 5) is 6.95. The van der Waals surface area contributed by atoms with E-state index in [0.717, 1.165) is 31.6 Å². The lowest BCUT2D eigenvalue weighted by Gasteiger charge is -2.35. The summed E-state index contributed by atoms with van der Waals surface area (Å²) in [5.41, 5.74) is 7.06. The van der Waals surface area contributed by atoms with Gasteiger partial charge in [-0.05, 0) is 50.8 Å². The predicted octanol–water partition coefficient (Wildman–Crippen LogP) is 3.22. The zero-order chi connectivity index (χ0) is 13.7. The van der Waals surface area contributed by atoms with Crippen molar-refractivity contribution in [2.24, 2.45) is 5.73 Å². The summed E-state index contributed by atoms with van der Waals surface area (Å²) in [7, 11) is 0. The molecule has 2 rings (SSSR count). The average molecular weight is 282 g/mol. The van der Waals surface area contributed by atoms with Gasteiger partial charge in [-0.3, -0.25) is 4.90 Å². The van der Waals surface area contributed by atoms with Gasteiger partial charge in [-0.1, -0.05) is 24.6 Å². The first-order chi connectivity index (χ1) is 9.19. The van der Waals surface area contributed by atoms with Gasteiger partial charge in [0.1, 0.15) is 5.15 Å². The predicted molar refractivity (Wildman–Crippen MR) is 80.2 cm³/mol. The van der Waals surface area contributed by atoms with Crippen molar-refractivity contribution in [2.45, 2.75) is 57.7 Å². The van der Waals surface area contributed by atoms with Crippen LogP contribution in [0.5, 0.6) is 0 Å². The van der Waals surface area contributed by atoms with E-state index in [9.17, 15) is 0 Å². The summed E-state index contributed by atoms with van der Waals surface area (Å²) in [6, 6.07) is 6.92. The lowest BCUT2D eigenvalue weighted by molar-refractivity contribution is 0.140. The molecule has 1 aromatic heterocycles. The molecule has 1 saturated carbocycles. The maximum Gasteiger partial charge on any atom is 0.129 e. The molecule has 0 radical (unpaired) electrons. The lowest BCUT2D eigenvalue weighted by atomic mass is 9.90. The highest BCUT2D eigenvalue weighted by Crippen LogP contribution is 2.23. The van der Waals surface area contributed by atoms with E-state index >= 15 is 0 Å². The number of hydrogen-bond acceptors (Lipinski definition) is 3. The standard InChI is InChI=1S/C15H24ClN3/c1-2-10-19(14-8-6-12(17)7-9-14)11-13-4-3-5-15(16)18-13/h3-5,12,14H,2,6-11,17H2,1H3. The van der Waals surface area contributed by atoms with Gasteiger partial charge >= 0.3 is 0 Å². The van der Waals surface area contributed by atoms with Crippen LogP contribution in [0.2, 0.25) is 5.15 Å². The molecule has 0 atom stereocenters. The number of halogens is 1. The van der Waals surface area contributed by atoms with Gasteiger partial charge in [-0.2, -0.15) is 0 Å². The fourth-order valence-electron chi connectivity index (χ4n) is 2.89. The highest BCUT2D eigenvalue weighted by atomic mass is 35.5. The van der Waals surface area contributed by atoms with Gasteiger partial charge in [-0.15, -0.1) is 0 Å². The van der Waals surface area contributed by atoms with Crippen LogP contribution in [0.4, 0.5) is 0 Å². The molecule has 1 fully saturated rings. The number of nitrogens with zero attached hydrogens (tertiary/aromatic N) is 2. The minimum atomic E-state index is 0.407. The fraction of sp³-hybridized carbons (Fsp3) is 0.667. The van der Waals surface area contributed by atoms with E-state index in [1.807, 2.05) is 12.1 Å². The Hall–Kier alpha value is -0.640. The van der Waals surface area contributed by atoms with E-state index < -0.39 is 0 Å². The molecule has 0 amide bonds. The Labute approximate surface area is 121 Å². The van der Waals surface area contributed by atoms with Crippen LogP contribution in [0.3, 0.4) is 0 Å². The zero-order valence-electron chi connectivity index (χ0n) is 11.7. The lowest BCUT2D eigenvalue weighted by Crippen LogP contribution is -2.41. The molecule has 106 valence electrons. The number of nitrogens with two attached hydrogens (primary N) is 1. The molecule has 0 aliphatic heterocycles. The average Bonchev–Trinajstić information content (AvgIpc) is 2.39. The Morgan fingerprint density at radius 2 is 2.05 bits per heavy atom. The summed E-state index contributed by atoms with van der Waals surface area (Å²) in [6.45, 7) is 4.25. The maximum atomic E-state index is 6.00. The van der Waals surface area contributed by atoms with Crippen LogP contribution in [0.15, 0.2) is 18.2 Å². The Morgan fingerprint density at radius 3 is 2.68 bits per heavy atom. The number of aromatic nitrogens is 1. The highest BCUT2D eigenvalue weighted by molar-refractivity contribution is 6.29. The van der Waals surface area contributed by atoms with Crippen LogP contribution in [-0.4, -0.2) is 28.5 Å². The van der Waals surface area contributed by atoms with Gasteiger partial charge in [0.15, 0.2) is 0 Å². The minimum Gasteiger partial charge on any atom is -0.328 e. The summed E-state index contributed by atoms with van der Waals surface area (Å²) in [5.74, 6) is 0. The second kappa shape index (κ2) is 7.22. The number of rotatable bonds is 5. The second-order valence-corrected chi connectivity index (χ2v) is 5.88. The molecule has 0 bridgehead atoms. The third-order valence-corrected chi connectivity index (χ3v) is 4.12. The molecular formula is C15H24ClN3. The van der Waals surface area contributed by atoms with Gasteiger partial charge in [-0.25, -0.2) is 4.98 Å². The van der Waals surface area contributed by atoms with Crippen LogP contribution in [-0.2, 0) is 6.54 Å². The molecule has 1 aliphatic carbocycles. The van der Waals surface area contributed by atoms with Crippen molar-refractivity contribution in [1.82, 2.24) is 9.88 Å². The Bertz CT molecular complexity index is 389. The van der Waals surface area contributed by atoms with E-state index in [0.29, 0.717) is 17.2 Å². The van der Waals surface area contributed by atoms with E-state index in [2.05, 4.69) is 22.9 Å². The Morgan fingerprint density at radius 1 is 1.32 bits per heavy atom. The van der Waals surface area contributed by atoms with E-state index in [4.69, 9.17) is 17.3 Å². The molecule has 19 heavy (non-hydrogen) atoms. The molecule has 1 aromatic rings. The van der Waals surface area contributed by atoms with Crippen molar-refractivity contribution in [1.29, 1.82) is 0 Å². The molecule has 1 aliphatic rings. The monoisotopic (exact) mass is 281 g/mol. The van der Waals surface area contributed by atoms with E-state index in [-0.39, 0.29) is 0 Å². The third kappa shape index (κ3) is 4.44. The van der Waals surface area contributed by atoms with Gasteiger partial charge < -0.3 is 5.73 Å². The van der Waals surface area contributed by atoms with Crippen LogP contribution < -0.4 is 5.73 Å². The zero-order valence-corrected chi connectivity index (χ0v) is 12.4. The van der Waals surface area contributed by atoms with E-state index in [1.165, 1.54) is 19.3 Å². The van der Waals surface area contributed by atoms with Gasteiger partial charge in [0.25, 0.3) is 0 Å². The molecule has 0 unspecified atom stereocenters. The topological polar surface area (TPSA) is 42.2 Å². The van der Waals surface area contributed by atoms with Gasteiger partial charge in [0, 0.05) is 18.6 Å². The molecule has 3 nitrogen and oxygen atoms in total. The molecule has 4 heteroatoms. The van der Waals surface area contributed by atoms with Crippen LogP contribution in [0.25, 0.3) is 0 Å². The SMILES string of the molecule is CCCN(Cc1cccc(Cl)n1)C1CCC(N)CC1. The highest BCUT2D eigenvalue weighted by Gasteiger charge is 2.24. The number of pyridine rings is 1. The van der Waals surface area contributed by atoms with Crippen LogP contribution >= 0.6 is 11.6 Å². The smallest absolute Gasteiger partial charge is 0.129 e. The molecule has 1 heterocycles. The normalized spacial score (nSPS) is 23.8. The first-order valence-electron chi connectivity index (χ1n) is 7.30. The van der Waals surface area contributed by atoms with Gasteiger partial charge in [0.05, 0.1) is 5.69 Å².